The van der Waals surface area contributed by atoms with Gasteiger partial charge in [0.1, 0.15) is 25.0 Å². The Labute approximate surface area is 217 Å². The maximum Gasteiger partial charge on any atom is 0.405 e. The molecule has 3 N–H and O–H groups in total. The summed E-state index contributed by atoms with van der Waals surface area (Å²) in [4.78, 5) is 39.2. The fourth-order valence-electron chi connectivity index (χ4n) is 4.51. The molecule has 204 valence electrons. The van der Waals surface area contributed by atoms with E-state index in [1.54, 1.807) is 42.3 Å². The molecule has 1 fully saturated rings. The molecule has 0 radical (unpaired) electrons. The number of nitrogens with one attached hydrogen (secondary N) is 3. The average molecular weight is 535 g/mol. The van der Waals surface area contributed by atoms with Crippen LogP contribution in [-0.2, 0) is 9.53 Å². The quantitative estimate of drug-likeness (QED) is 0.536. The van der Waals surface area contributed by atoms with Gasteiger partial charge in [-0.1, -0.05) is 17.7 Å². The van der Waals surface area contributed by atoms with Crippen molar-refractivity contribution in [2.45, 2.75) is 50.6 Å². The highest BCUT2D eigenvalue weighted by atomic mass is 19.4. The highest BCUT2D eigenvalue weighted by Crippen LogP contribution is 2.32. The van der Waals surface area contributed by atoms with E-state index in [2.05, 4.69) is 10.6 Å². The third-order valence-electron chi connectivity index (χ3n) is 6.48. The van der Waals surface area contributed by atoms with E-state index in [4.69, 9.17) is 9.47 Å². The van der Waals surface area contributed by atoms with Gasteiger partial charge in [0.05, 0.1) is 24.1 Å². The smallest absolute Gasteiger partial charge is 0.405 e. The molecule has 0 spiro atoms. The van der Waals surface area contributed by atoms with Gasteiger partial charge in [0.25, 0.3) is 5.91 Å². The van der Waals surface area contributed by atoms with Crippen molar-refractivity contribution in [3.05, 3.63) is 53.6 Å². The van der Waals surface area contributed by atoms with Crippen LogP contribution in [0.3, 0.4) is 0 Å². The molecule has 2 aliphatic heterocycles. The fraction of sp³-hybridized carbons (Fsp3) is 0.423. The van der Waals surface area contributed by atoms with E-state index in [0.717, 1.165) is 5.56 Å². The number of aryl methyl sites for hydroxylation is 1. The standard InChI is InChI=1S/C26H29F3N4O5/c1-15-3-5-16(6-4-15)31-25(36)32-17-7-10-21-19(11-17)24(35)33(2)20-9-8-18(38-22(20)13-37-21)12-23(34)30-14-26(27,28)29/h3-7,10-11,18,20,22H,8-9,12-14H2,1-2H3,(H,30,34)(H2,31,32,36)/t18-,20-,22-/m1/s1. The van der Waals surface area contributed by atoms with Crippen LogP contribution in [-0.4, -0.2) is 67.4 Å². The Hall–Kier alpha value is -3.80. The Morgan fingerprint density at radius 3 is 2.45 bits per heavy atom. The minimum atomic E-state index is -4.49. The second kappa shape index (κ2) is 11.3. The van der Waals surface area contributed by atoms with E-state index < -0.39 is 36.9 Å². The molecule has 0 bridgehead atoms. The number of carbonyl (C=O) groups is 3. The minimum absolute atomic E-state index is 0.0800. The summed E-state index contributed by atoms with van der Waals surface area (Å²) < 4.78 is 48.9. The van der Waals surface area contributed by atoms with Crippen LogP contribution in [0.15, 0.2) is 42.5 Å². The molecule has 0 aromatic heterocycles. The lowest BCUT2D eigenvalue weighted by atomic mass is 9.94. The Balaban J connectivity index is 1.40. The second-order valence-corrected chi connectivity index (χ2v) is 9.42. The van der Waals surface area contributed by atoms with Gasteiger partial charge in [-0.3, -0.25) is 9.59 Å². The lowest BCUT2D eigenvalue weighted by Crippen LogP contribution is -2.54. The molecule has 0 unspecified atom stereocenters. The zero-order valence-corrected chi connectivity index (χ0v) is 20.9. The molecule has 2 aromatic rings. The molecule has 12 heteroatoms. The van der Waals surface area contributed by atoms with Gasteiger partial charge in [-0.05, 0) is 50.1 Å². The molecule has 0 saturated carbocycles. The molecule has 2 aromatic carbocycles. The molecular weight excluding hydrogens is 505 g/mol. The molecule has 4 amide bonds. The molecule has 1 saturated heterocycles. The SMILES string of the molecule is Cc1ccc(NC(=O)Nc2ccc3c(c2)C(=O)N(C)[C@@H]2CC[C@H](CC(=O)NCC(F)(F)F)O[C@@H]2CO3)cc1. The van der Waals surface area contributed by atoms with Crippen LogP contribution in [0.4, 0.5) is 29.3 Å². The van der Waals surface area contributed by atoms with Crippen molar-refractivity contribution in [1.82, 2.24) is 10.2 Å². The van der Waals surface area contributed by atoms with Crippen LogP contribution in [0.25, 0.3) is 0 Å². The van der Waals surface area contributed by atoms with E-state index in [9.17, 15) is 27.6 Å². The van der Waals surface area contributed by atoms with Crippen molar-refractivity contribution in [3.8, 4) is 5.75 Å². The summed E-state index contributed by atoms with van der Waals surface area (Å²) in [7, 11) is 1.64. The van der Waals surface area contributed by atoms with Gasteiger partial charge in [-0.2, -0.15) is 13.2 Å². The molecule has 2 aliphatic rings. The van der Waals surface area contributed by atoms with Gasteiger partial charge in [-0.25, -0.2) is 4.79 Å². The van der Waals surface area contributed by atoms with Gasteiger partial charge in [0.15, 0.2) is 0 Å². The van der Waals surface area contributed by atoms with Crippen molar-refractivity contribution < 1.29 is 37.0 Å². The molecule has 0 aliphatic carbocycles. The van der Waals surface area contributed by atoms with Crippen LogP contribution in [0, 0.1) is 6.92 Å². The van der Waals surface area contributed by atoms with Crippen molar-refractivity contribution in [3.63, 3.8) is 0 Å². The fourth-order valence-corrected chi connectivity index (χ4v) is 4.51. The Morgan fingerprint density at radius 1 is 1.05 bits per heavy atom. The number of hydrogen-bond donors (Lipinski definition) is 3. The van der Waals surface area contributed by atoms with E-state index in [1.165, 1.54) is 0 Å². The van der Waals surface area contributed by atoms with Crippen molar-refractivity contribution >= 4 is 29.2 Å². The minimum Gasteiger partial charge on any atom is -0.490 e. The highest BCUT2D eigenvalue weighted by molar-refractivity contribution is 6.02. The van der Waals surface area contributed by atoms with Gasteiger partial charge in [0.2, 0.25) is 5.91 Å². The predicted octanol–water partition coefficient (Wildman–Crippen LogP) is 4.09. The molecule has 2 heterocycles. The number of halogens is 3. The normalized spacial score (nSPS) is 21.2. The maximum atomic E-state index is 13.3. The van der Waals surface area contributed by atoms with Crippen molar-refractivity contribution in [2.75, 3.05) is 30.8 Å². The van der Waals surface area contributed by atoms with Gasteiger partial charge >= 0.3 is 12.2 Å². The maximum absolute atomic E-state index is 13.3. The van der Waals surface area contributed by atoms with Crippen LogP contribution < -0.4 is 20.7 Å². The molecule has 38 heavy (non-hydrogen) atoms. The number of carbonyl (C=O) groups excluding carboxylic acids is 3. The lowest BCUT2D eigenvalue weighted by Gasteiger charge is -2.42. The summed E-state index contributed by atoms with van der Waals surface area (Å²) in [6.07, 6.45) is -4.98. The summed E-state index contributed by atoms with van der Waals surface area (Å²) in [6, 6.07) is 11.2. The summed E-state index contributed by atoms with van der Waals surface area (Å²) in [5.41, 5.74) is 2.36. The zero-order chi connectivity index (χ0) is 27.4. The molecule has 9 nitrogen and oxygen atoms in total. The number of alkyl halides is 3. The summed E-state index contributed by atoms with van der Waals surface area (Å²) in [5, 5.41) is 7.30. The van der Waals surface area contributed by atoms with Gasteiger partial charge in [-0.15, -0.1) is 0 Å². The zero-order valence-electron chi connectivity index (χ0n) is 20.9. The number of anilines is 2. The highest BCUT2D eigenvalue weighted by Gasteiger charge is 2.39. The largest absolute Gasteiger partial charge is 0.490 e. The monoisotopic (exact) mass is 534 g/mol. The van der Waals surface area contributed by atoms with Gasteiger partial charge < -0.3 is 30.3 Å². The van der Waals surface area contributed by atoms with Crippen LogP contribution >= 0.6 is 0 Å². The lowest BCUT2D eigenvalue weighted by molar-refractivity contribution is -0.144. The topological polar surface area (TPSA) is 109 Å². The first-order valence-corrected chi connectivity index (χ1v) is 12.2. The third kappa shape index (κ3) is 6.94. The number of hydrogen-bond acceptors (Lipinski definition) is 5. The number of urea groups is 1. The van der Waals surface area contributed by atoms with Crippen LogP contribution in [0.1, 0.15) is 35.2 Å². The van der Waals surface area contributed by atoms with Crippen molar-refractivity contribution in [2.24, 2.45) is 0 Å². The summed E-state index contributed by atoms with van der Waals surface area (Å²) in [5.74, 6) is -0.778. The number of ether oxygens (including phenoxy) is 2. The molecular formula is C26H29F3N4O5. The number of amides is 4. The number of benzene rings is 2. The molecule has 3 atom stereocenters. The predicted molar refractivity (Wildman–Crippen MR) is 133 cm³/mol. The van der Waals surface area contributed by atoms with E-state index >= 15 is 0 Å². The Kier molecular flexibility index (Phi) is 8.10. The van der Waals surface area contributed by atoms with Crippen molar-refractivity contribution in [1.29, 1.82) is 0 Å². The number of rotatable bonds is 5. The summed E-state index contributed by atoms with van der Waals surface area (Å²) >= 11 is 0. The number of fused-ring (bicyclic) bond motifs is 2. The first kappa shape index (κ1) is 27.2. The van der Waals surface area contributed by atoms with E-state index in [1.807, 2.05) is 24.4 Å². The Bertz CT molecular complexity index is 1190. The third-order valence-corrected chi connectivity index (χ3v) is 6.48. The second-order valence-electron chi connectivity index (χ2n) is 9.42. The molecule has 4 rings (SSSR count). The number of likely N-dealkylation sites (N-methyl/N-ethyl adjacent to an activating group) is 1. The average Bonchev–Trinajstić information content (AvgIpc) is 2.86. The summed E-state index contributed by atoms with van der Waals surface area (Å²) in [6.45, 7) is 0.627. The Morgan fingerprint density at radius 2 is 1.74 bits per heavy atom. The van der Waals surface area contributed by atoms with E-state index in [0.29, 0.717) is 30.0 Å². The number of nitrogens with zero attached hydrogens (tertiary/aromatic N) is 1. The first-order valence-electron chi connectivity index (χ1n) is 12.2. The first-order chi connectivity index (χ1) is 18.0. The van der Waals surface area contributed by atoms with Gasteiger partial charge in [0, 0.05) is 18.4 Å². The van der Waals surface area contributed by atoms with E-state index in [-0.39, 0.29) is 30.5 Å². The van der Waals surface area contributed by atoms with Crippen LogP contribution in [0.5, 0.6) is 5.75 Å². The van der Waals surface area contributed by atoms with Crippen LogP contribution in [0.2, 0.25) is 0 Å².